The van der Waals surface area contributed by atoms with Crippen LogP contribution in [-0.4, -0.2) is 53.1 Å². The summed E-state index contributed by atoms with van der Waals surface area (Å²) in [4.78, 5) is 26.8. The Morgan fingerprint density at radius 2 is 2.20 bits per heavy atom. The fraction of sp³-hybridized carbons (Fsp3) is 0.786. The van der Waals surface area contributed by atoms with E-state index in [2.05, 4.69) is 0 Å². The highest BCUT2D eigenvalue weighted by Gasteiger charge is 2.30. The van der Waals surface area contributed by atoms with Crippen LogP contribution in [0.25, 0.3) is 0 Å². The van der Waals surface area contributed by atoms with E-state index in [4.69, 9.17) is 10.4 Å². The van der Waals surface area contributed by atoms with Gasteiger partial charge in [-0.05, 0) is 18.8 Å². The first-order valence-corrected chi connectivity index (χ1v) is 7.09. The maximum absolute atomic E-state index is 12.5. The third-order valence-electron chi connectivity index (χ3n) is 3.39. The fourth-order valence-corrected chi connectivity index (χ4v) is 2.44. The van der Waals surface area contributed by atoms with Crippen LogP contribution in [-0.2, 0) is 4.79 Å². The van der Waals surface area contributed by atoms with Crippen molar-refractivity contribution < 1.29 is 14.7 Å². The number of rotatable bonds is 5. The molecule has 0 bridgehead atoms. The van der Waals surface area contributed by atoms with Crippen molar-refractivity contribution in [2.24, 2.45) is 11.8 Å². The van der Waals surface area contributed by atoms with E-state index < -0.39 is 11.9 Å². The first kappa shape index (κ1) is 16.3. The Balaban J connectivity index is 2.67. The average Bonchev–Trinajstić information content (AvgIpc) is 2.42. The van der Waals surface area contributed by atoms with Gasteiger partial charge in [-0.25, -0.2) is 4.79 Å². The van der Waals surface area contributed by atoms with Gasteiger partial charge in [0, 0.05) is 26.2 Å². The number of carbonyl (C=O) groups excluding carboxylic acids is 1. The molecule has 0 aliphatic carbocycles. The van der Waals surface area contributed by atoms with E-state index >= 15 is 0 Å². The Labute approximate surface area is 120 Å². The van der Waals surface area contributed by atoms with Crippen LogP contribution >= 0.6 is 0 Å². The molecule has 0 radical (unpaired) electrons. The van der Waals surface area contributed by atoms with Gasteiger partial charge in [-0.3, -0.25) is 4.79 Å². The quantitative estimate of drug-likeness (QED) is 0.832. The molecule has 1 atom stereocenters. The number of nitriles is 1. The third kappa shape index (κ3) is 4.72. The number of nitrogens with zero attached hydrogens (tertiary/aromatic N) is 3. The second kappa shape index (κ2) is 7.73. The summed E-state index contributed by atoms with van der Waals surface area (Å²) in [5.41, 5.74) is 0. The van der Waals surface area contributed by atoms with Gasteiger partial charge in [0.15, 0.2) is 0 Å². The molecule has 1 aliphatic heterocycles. The van der Waals surface area contributed by atoms with Gasteiger partial charge in [-0.2, -0.15) is 5.26 Å². The second-order valence-electron chi connectivity index (χ2n) is 5.65. The highest BCUT2D eigenvalue weighted by molar-refractivity contribution is 5.76. The molecule has 0 aromatic heterocycles. The summed E-state index contributed by atoms with van der Waals surface area (Å²) in [5.74, 6) is -0.989. The number of amides is 2. The second-order valence-corrected chi connectivity index (χ2v) is 5.65. The van der Waals surface area contributed by atoms with Crippen molar-refractivity contribution in [2.75, 3.05) is 26.2 Å². The molecule has 1 saturated heterocycles. The average molecular weight is 281 g/mol. The van der Waals surface area contributed by atoms with Crippen molar-refractivity contribution in [3.63, 3.8) is 0 Å². The van der Waals surface area contributed by atoms with Crippen LogP contribution in [0.2, 0.25) is 0 Å². The van der Waals surface area contributed by atoms with Crippen molar-refractivity contribution in [2.45, 2.75) is 33.1 Å². The third-order valence-corrected chi connectivity index (χ3v) is 3.39. The molecule has 1 heterocycles. The molecule has 0 spiro atoms. The molecule has 1 fully saturated rings. The monoisotopic (exact) mass is 281 g/mol. The van der Waals surface area contributed by atoms with Crippen LogP contribution in [0, 0.1) is 23.2 Å². The summed E-state index contributed by atoms with van der Waals surface area (Å²) in [6.07, 6.45) is 1.65. The van der Waals surface area contributed by atoms with Gasteiger partial charge in [0.25, 0.3) is 0 Å². The van der Waals surface area contributed by atoms with E-state index in [1.807, 2.05) is 19.9 Å². The minimum Gasteiger partial charge on any atom is -0.481 e. The Morgan fingerprint density at radius 3 is 2.75 bits per heavy atom. The highest BCUT2D eigenvalue weighted by atomic mass is 16.4. The molecule has 6 heteroatoms. The van der Waals surface area contributed by atoms with Gasteiger partial charge in [0.2, 0.25) is 0 Å². The number of piperidine rings is 1. The van der Waals surface area contributed by atoms with Crippen molar-refractivity contribution in [3.8, 4) is 6.07 Å². The van der Waals surface area contributed by atoms with Crippen LogP contribution in [0.5, 0.6) is 0 Å². The predicted molar refractivity (Wildman–Crippen MR) is 74.0 cm³/mol. The van der Waals surface area contributed by atoms with Gasteiger partial charge >= 0.3 is 12.0 Å². The molecule has 1 rings (SSSR count). The molecule has 0 saturated carbocycles. The van der Waals surface area contributed by atoms with E-state index in [1.54, 1.807) is 9.80 Å². The molecule has 1 unspecified atom stereocenters. The lowest BCUT2D eigenvalue weighted by molar-refractivity contribution is -0.143. The molecule has 112 valence electrons. The van der Waals surface area contributed by atoms with Crippen molar-refractivity contribution >= 4 is 12.0 Å². The minimum absolute atomic E-state index is 0.139. The van der Waals surface area contributed by atoms with Gasteiger partial charge in [-0.15, -0.1) is 0 Å². The maximum Gasteiger partial charge on any atom is 0.320 e. The zero-order chi connectivity index (χ0) is 15.1. The van der Waals surface area contributed by atoms with Gasteiger partial charge in [-0.1, -0.05) is 13.8 Å². The summed E-state index contributed by atoms with van der Waals surface area (Å²) in [6.45, 7) is 5.90. The topological polar surface area (TPSA) is 84.6 Å². The summed E-state index contributed by atoms with van der Waals surface area (Å²) in [7, 11) is 0. The number of aliphatic carboxylic acids is 1. The molecule has 1 aliphatic rings. The number of carbonyl (C=O) groups is 2. The van der Waals surface area contributed by atoms with Crippen LogP contribution in [0.4, 0.5) is 4.79 Å². The summed E-state index contributed by atoms with van der Waals surface area (Å²) in [6, 6.07) is 1.91. The summed E-state index contributed by atoms with van der Waals surface area (Å²) in [5, 5.41) is 17.7. The standard InChI is InChI=1S/C14H23N3O3/c1-11(2)9-16(8-4-6-15)14(20)17-7-3-5-12(10-17)13(18)19/h11-12H,3-5,7-10H2,1-2H3,(H,18,19). The molecular formula is C14H23N3O3. The zero-order valence-corrected chi connectivity index (χ0v) is 12.2. The molecule has 0 aromatic carbocycles. The van der Waals surface area contributed by atoms with Crippen LogP contribution < -0.4 is 0 Å². The predicted octanol–water partition coefficient (Wildman–Crippen LogP) is 1.77. The van der Waals surface area contributed by atoms with Gasteiger partial charge in [0.1, 0.15) is 0 Å². The van der Waals surface area contributed by atoms with Crippen molar-refractivity contribution in [1.29, 1.82) is 5.26 Å². The lowest BCUT2D eigenvalue weighted by atomic mass is 9.98. The van der Waals surface area contributed by atoms with E-state index in [9.17, 15) is 9.59 Å². The van der Waals surface area contributed by atoms with Crippen molar-refractivity contribution in [3.05, 3.63) is 0 Å². The molecule has 6 nitrogen and oxygen atoms in total. The summed E-state index contributed by atoms with van der Waals surface area (Å²) >= 11 is 0. The van der Waals surface area contributed by atoms with E-state index in [-0.39, 0.29) is 12.6 Å². The first-order valence-electron chi connectivity index (χ1n) is 7.09. The number of hydrogen-bond donors (Lipinski definition) is 1. The van der Waals surface area contributed by atoms with E-state index in [0.29, 0.717) is 38.4 Å². The molecule has 1 N–H and O–H groups in total. The molecule has 0 aromatic rings. The number of hydrogen-bond acceptors (Lipinski definition) is 3. The SMILES string of the molecule is CC(C)CN(CCC#N)C(=O)N1CCCC(C(=O)O)C1. The largest absolute Gasteiger partial charge is 0.481 e. The fourth-order valence-electron chi connectivity index (χ4n) is 2.44. The summed E-state index contributed by atoms with van der Waals surface area (Å²) < 4.78 is 0. The Morgan fingerprint density at radius 1 is 1.50 bits per heavy atom. The van der Waals surface area contributed by atoms with E-state index in [1.165, 1.54) is 0 Å². The lowest BCUT2D eigenvalue weighted by Crippen LogP contribution is -2.49. The van der Waals surface area contributed by atoms with Crippen LogP contribution in [0.1, 0.15) is 33.1 Å². The molecule has 2 amide bonds. The number of urea groups is 1. The molecular weight excluding hydrogens is 258 g/mol. The van der Waals surface area contributed by atoms with Crippen molar-refractivity contribution in [1.82, 2.24) is 9.80 Å². The normalized spacial score (nSPS) is 18.7. The number of carboxylic acid groups (broad SMARTS) is 1. The smallest absolute Gasteiger partial charge is 0.320 e. The van der Waals surface area contributed by atoms with E-state index in [0.717, 1.165) is 6.42 Å². The Hall–Kier alpha value is -1.77. The minimum atomic E-state index is -0.838. The van der Waals surface area contributed by atoms with Gasteiger partial charge < -0.3 is 14.9 Å². The Kier molecular flexibility index (Phi) is 6.29. The zero-order valence-electron chi connectivity index (χ0n) is 12.2. The van der Waals surface area contributed by atoms with Crippen LogP contribution in [0.3, 0.4) is 0 Å². The maximum atomic E-state index is 12.5. The Bertz CT molecular complexity index is 390. The van der Waals surface area contributed by atoms with Gasteiger partial charge in [0.05, 0.1) is 18.4 Å². The number of likely N-dealkylation sites (tertiary alicyclic amines) is 1. The number of carboxylic acids is 1. The van der Waals surface area contributed by atoms with Crippen LogP contribution in [0.15, 0.2) is 0 Å². The first-order chi connectivity index (χ1) is 9.45. The lowest BCUT2D eigenvalue weighted by Gasteiger charge is -2.35. The highest BCUT2D eigenvalue weighted by Crippen LogP contribution is 2.18. The molecule has 20 heavy (non-hydrogen) atoms.